The van der Waals surface area contributed by atoms with Gasteiger partial charge in [0, 0.05) is 12.3 Å². The van der Waals surface area contributed by atoms with Crippen LogP contribution in [0.15, 0.2) is 4.52 Å². The van der Waals surface area contributed by atoms with Gasteiger partial charge >= 0.3 is 0 Å². The van der Waals surface area contributed by atoms with Gasteiger partial charge in [0.2, 0.25) is 5.89 Å². The molecule has 90 valence electrons. The van der Waals surface area contributed by atoms with Crippen LogP contribution in [0.3, 0.4) is 0 Å². The number of rotatable bonds is 5. The molecule has 0 bridgehead atoms. The van der Waals surface area contributed by atoms with Crippen molar-refractivity contribution in [2.45, 2.75) is 31.6 Å². The summed E-state index contributed by atoms with van der Waals surface area (Å²) in [5.74, 6) is 4.68. The topological polar surface area (TPSA) is 51.0 Å². The molecule has 0 radical (unpaired) electrons. The Morgan fingerprint density at radius 2 is 2.25 bits per heavy atom. The number of nitrogens with zero attached hydrogens (tertiary/aromatic N) is 2. The number of nitrogens with one attached hydrogen (secondary N) is 1. The third kappa shape index (κ3) is 3.22. The van der Waals surface area contributed by atoms with Crippen molar-refractivity contribution in [2.75, 3.05) is 25.1 Å². The summed E-state index contributed by atoms with van der Waals surface area (Å²) in [6, 6.07) is 0. The molecular formula is C11H19N3OS. The summed E-state index contributed by atoms with van der Waals surface area (Å²) < 4.78 is 5.34. The van der Waals surface area contributed by atoms with E-state index in [1.54, 1.807) is 0 Å². The maximum absolute atomic E-state index is 5.34. The van der Waals surface area contributed by atoms with Gasteiger partial charge in [0.05, 0.1) is 0 Å². The molecule has 0 amide bonds. The summed E-state index contributed by atoms with van der Waals surface area (Å²) in [6.07, 6.45) is 4.34. The van der Waals surface area contributed by atoms with Gasteiger partial charge in [-0.25, -0.2) is 0 Å². The standard InChI is InChI=1S/C11H19N3OS/c1-12-6-2-3-10-13-11(15-14-10)9-4-7-16-8-5-9/h9,12H,2-8H2,1H3. The minimum Gasteiger partial charge on any atom is -0.339 e. The Hall–Kier alpha value is -0.550. The van der Waals surface area contributed by atoms with Crippen LogP contribution in [-0.2, 0) is 6.42 Å². The average Bonchev–Trinajstić information content (AvgIpc) is 2.79. The minimum absolute atomic E-state index is 0.506. The Morgan fingerprint density at radius 1 is 1.44 bits per heavy atom. The van der Waals surface area contributed by atoms with Crippen LogP contribution in [0.1, 0.15) is 36.9 Å². The van der Waals surface area contributed by atoms with E-state index in [0.717, 1.165) is 31.1 Å². The number of hydrogen-bond donors (Lipinski definition) is 1. The highest BCUT2D eigenvalue weighted by atomic mass is 32.2. The molecule has 4 nitrogen and oxygen atoms in total. The first-order chi connectivity index (χ1) is 7.90. The highest BCUT2D eigenvalue weighted by molar-refractivity contribution is 7.99. The second-order valence-electron chi connectivity index (χ2n) is 4.14. The molecule has 5 heteroatoms. The fourth-order valence-electron chi connectivity index (χ4n) is 1.90. The fourth-order valence-corrected chi connectivity index (χ4v) is 3.01. The number of aryl methyl sites for hydroxylation is 1. The van der Waals surface area contributed by atoms with Crippen molar-refractivity contribution in [1.29, 1.82) is 0 Å². The second kappa shape index (κ2) is 6.25. The molecule has 1 N–H and O–H groups in total. The summed E-state index contributed by atoms with van der Waals surface area (Å²) in [5, 5.41) is 7.16. The van der Waals surface area contributed by atoms with Crippen molar-refractivity contribution in [1.82, 2.24) is 15.5 Å². The number of hydrogen-bond acceptors (Lipinski definition) is 5. The van der Waals surface area contributed by atoms with Crippen LogP contribution in [0.4, 0.5) is 0 Å². The van der Waals surface area contributed by atoms with E-state index in [9.17, 15) is 0 Å². The Kier molecular flexibility index (Phi) is 4.66. The van der Waals surface area contributed by atoms with Crippen LogP contribution in [-0.4, -0.2) is 35.2 Å². The average molecular weight is 241 g/mol. The lowest BCUT2D eigenvalue weighted by Gasteiger charge is -2.16. The number of thioether (sulfide) groups is 1. The van der Waals surface area contributed by atoms with Crippen molar-refractivity contribution < 1.29 is 4.52 Å². The van der Waals surface area contributed by atoms with Crippen LogP contribution < -0.4 is 5.32 Å². The zero-order chi connectivity index (χ0) is 11.2. The van der Waals surface area contributed by atoms with Crippen LogP contribution in [0.5, 0.6) is 0 Å². The minimum atomic E-state index is 0.506. The van der Waals surface area contributed by atoms with Gasteiger partial charge < -0.3 is 9.84 Å². The molecule has 1 aromatic heterocycles. The molecule has 2 rings (SSSR count). The summed E-state index contributed by atoms with van der Waals surface area (Å²) in [6.45, 7) is 1.00. The van der Waals surface area contributed by atoms with Crippen LogP contribution in [0, 0.1) is 0 Å². The van der Waals surface area contributed by atoms with E-state index in [4.69, 9.17) is 4.52 Å². The first-order valence-corrected chi connectivity index (χ1v) is 7.10. The zero-order valence-electron chi connectivity index (χ0n) is 9.74. The normalized spacial score (nSPS) is 17.8. The van der Waals surface area contributed by atoms with Crippen LogP contribution >= 0.6 is 11.8 Å². The van der Waals surface area contributed by atoms with Crippen molar-refractivity contribution in [2.24, 2.45) is 0 Å². The molecule has 2 heterocycles. The molecule has 1 fully saturated rings. The molecule has 1 aromatic rings. The van der Waals surface area contributed by atoms with Crippen molar-refractivity contribution >= 4 is 11.8 Å². The highest BCUT2D eigenvalue weighted by Crippen LogP contribution is 2.30. The number of aromatic nitrogens is 2. The van der Waals surface area contributed by atoms with Crippen molar-refractivity contribution in [3.05, 3.63) is 11.7 Å². The van der Waals surface area contributed by atoms with Gasteiger partial charge in [-0.1, -0.05) is 5.16 Å². The van der Waals surface area contributed by atoms with Gasteiger partial charge in [-0.05, 0) is 44.4 Å². The van der Waals surface area contributed by atoms with Crippen molar-refractivity contribution in [3.8, 4) is 0 Å². The van der Waals surface area contributed by atoms with Crippen LogP contribution in [0.25, 0.3) is 0 Å². The van der Waals surface area contributed by atoms with Crippen LogP contribution in [0.2, 0.25) is 0 Å². The maximum atomic E-state index is 5.34. The molecule has 1 saturated heterocycles. The van der Waals surface area contributed by atoms with Gasteiger partial charge in [0.15, 0.2) is 5.82 Å². The van der Waals surface area contributed by atoms with Gasteiger partial charge in [-0.3, -0.25) is 0 Å². The van der Waals surface area contributed by atoms with Gasteiger partial charge in [0.25, 0.3) is 0 Å². The summed E-state index contributed by atoms with van der Waals surface area (Å²) in [4.78, 5) is 4.49. The van der Waals surface area contributed by atoms with E-state index in [2.05, 4.69) is 15.5 Å². The Balaban J connectivity index is 1.85. The molecule has 0 atom stereocenters. The Bertz CT molecular complexity index is 310. The summed E-state index contributed by atoms with van der Waals surface area (Å²) in [5.41, 5.74) is 0. The van der Waals surface area contributed by atoms with Gasteiger partial charge in [0.1, 0.15) is 0 Å². The molecule has 0 aliphatic carbocycles. The Labute approximate surface area is 101 Å². The fraction of sp³-hybridized carbons (Fsp3) is 0.818. The molecule has 1 aliphatic heterocycles. The molecular weight excluding hydrogens is 222 g/mol. The quantitative estimate of drug-likeness (QED) is 0.797. The van der Waals surface area contributed by atoms with E-state index >= 15 is 0 Å². The van der Waals surface area contributed by atoms with E-state index in [-0.39, 0.29) is 0 Å². The molecule has 1 aliphatic rings. The molecule has 0 spiro atoms. The molecule has 16 heavy (non-hydrogen) atoms. The smallest absolute Gasteiger partial charge is 0.229 e. The largest absolute Gasteiger partial charge is 0.339 e. The third-order valence-corrected chi connectivity index (χ3v) is 3.93. The van der Waals surface area contributed by atoms with Gasteiger partial charge in [-0.2, -0.15) is 16.7 Å². The zero-order valence-corrected chi connectivity index (χ0v) is 10.6. The maximum Gasteiger partial charge on any atom is 0.229 e. The summed E-state index contributed by atoms with van der Waals surface area (Å²) in [7, 11) is 1.96. The second-order valence-corrected chi connectivity index (χ2v) is 5.37. The third-order valence-electron chi connectivity index (χ3n) is 2.88. The predicted molar refractivity (Wildman–Crippen MR) is 65.8 cm³/mol. The lowest BCUT2D eigenvalue weighted by Crippen LogP contribution is -2.09. The van der Waals surface area contributed by atoms with E-state index in [0.29, 0.717) is 5.92 Å². The van der Waals surface area contributed by atoms with Gasteiger partial charge in [-0.15, -0.1) is 0 Å². The summed E-state index contributed by atoms with van der Waals surface area (Å²) >= 11 is 2.02. The highest BCUT2D eigenvalue weighted by Gasteiger charge is 2.21. The van der Waals surface area contributed by atoms with E-state index < -0.39 is 0 Å². The Morgan fingerprint density at radius 3 is 3.00 bits per heavy atom. The monoisotopic (exact) mass is 241 g/mol. The lowest BCUT2D eigenvalue weighted by molar-refractivity contribution is 0.342. The predicted octanol–water partition coefficient (Wildman–Crippen LogP) is 1.83. The lowest BCUT2D eigenvalue weighted by atomic mass is 10.0. The first-order valence-electron chi connectivity index (χ1n) is 5.95. The van der Waals surface area contributed by atoms with E-state index in [1.165, 1.54) is 24.3 Å². The molecule has 0 aromatic carbocycles. The van der Waals surface area contributed by atoms with E-state index in [1.807, 2.05) is 18.8 Å². The molecule has 0 saturated carbocycles. The van der Waals surface area contributed by atoms with Crippen molar-refractivity contribution in [3.63, 3.8) is 0 Å². The molecule has 0 unspecified atom stereocenters. The first kappa shape index (κ1) is 11.9. The SMILES string of the molecule is CNCCCc1noc(C2CCSCC2)n1.